The maximum Gasteiger partial charge on any atom is 0.336 e. The Balaban J connectivity index is 1.70. The standard InChI is InChI=1S/C17H20ClNO4S/c18-11-2-4-13(16(20)21)15(7-11)24-12-3-1-9-8-19-14(17(22)23)6-10(9)5-12/h2,4,7,9-10,12,14,19H,1,3,5-6,8H2,(H,20,21)(H,22,23)/t9-,10-,12-,14-/m0/s1. The van der Waals surface area contributed by atoms with E-state index in [1.54, 1.807) is 30.0 Å². The van der Waals surface area contributed by atoms with Crippen molar-refractivity contribution in [2.75, 3.05) is 6.54 Å². The molecule has 0 spiro atoms. The van der Waals surface area contributed by atoms with E-state index in [0.717, 1.165) is 25.8 Å². The molecule has 0 aromatic heterocycles. The van der Waals surface area contributed by atoms with Crippen molar-refractivity contribution < 1.29 is 19.8 Å². The van der Waals surface area contributed by atoms with Gasteiger partial charge in [-0.3, -0.25) is 4.79 Å². The van der Waals surface area contributed by atoms with Crippen molar-refractivity contribution in [1.29, 1.82) is 0 Å². The summed E-state index contributed by atoms with van der Waals surface area (Å²) in [7, 11) is 0. The molecule has 1 saturated heterocycles. The van der Waals surface area contributed by atoms with Crippen LogP contribution in [0.5, 0.6) is 0 Å². The number of fused-ring (bicyclic) bond motifs is 1. The van der Waals surface area contributed by atoms with E-state index in [9.17, 15) is 19.8 Å². The van der Waals surface area contributed by atoms with Gasteiger partial charge in [0.15, 0.2) is 0 Å². The van der Waals surface area contributed by atoms with Gasteiger partial charge in [-0.25, -0.2) is 4.79 Å². The van der Waals surface area contributed by atoms with Crippen LogP contribution in [0.3, 0.4) is 0 Å². The minimum Gasteiger partial charge on any atom is -0.480 e. The molecule has 1 aliphatic carbocycles. The minimum atomic E-state index is -0.948. The van der Waals surface area contributed by atoms with Gasteiger partial charge in [-0.05, 0) is 62.3 Å². The number of hydrogen-bond acceptors (Lipinski definition) is 4. The third-order valence-electron chi connectivity index (χ3n) is 5.02. The summed E-state index contributed by atoms with van der Waals surface area (Å²) in [4.78, 5) is 23.3. The largest absolute Gasteiger partial charge is 0.480 e. The van der Waals surface area contributed by atoms with Crippen molar-refractivity contribution in [1.82, 2.24) is 5.32 Å². The van der Waals surface area contributed by atoms with Gasteiger partial charge in [0, 0.05) is 15.2 Å². The molecular formula is C17H20ClNO4S. The summed E-state index contributed by atoms with van der Waals surface area (Å²) < 4.78 is 0. The summed E-state index contributed by atoms with van der Waals surface area (Å²) in [5.41, 5.74) is 0.278. The van der Waals surface area contributed by atoms with Crippen molar-refractivity contribution in [3.8, 4) is 0 Å². The number of nitrogens with one attached hydrogen (secondary N) is 1. The van der Waals surface area contributed by atoms with Crippen molar-refractivity contribution >= 4 is 35.3 Å². The molecule has 1 aliphatic heterocycles. The number of benzene rings is 1. The predicted molar refractivity (Wildman–Crippen MR) is 92.9 cm³/mol. The first kappa shape index (κ1) is 17.6. The fraction of sp³-hybridized carbons (Fsp3) is 0.529. The first-order valence-corrected chi connectivity index (χ1v) is 9.35. The molecule has 4 atom stereocenters. The highest BCUT2D eigenvalue weighted by Crippen LogP contribution is 2.43. The number of carboxylic acids is 2. The highest BCUT2D eigenvalue weighted by atomic mass is 35.5. The van der Waals surface area contributed by atoms with Gasteiger partial charge in [0.25, 0.3) is 0 Å². The van der Waals surface area contributed by atoms with Crippen LogP contribution in [0.1, 0.15) is 36.0 Å². The number of aliphatic carboxylic acids is 1. The summed E-state index contributed by atoms with van der Waals surface area (Å²) in [5, 5.41) is 22.5. The van der Waals surface area contributed by atoms with Gasteiger partial charge in [0.2, 0.25) is 0 Å². The van der Waals surface area contributed by atoms with E-state index in [4.69, 9.17) is 11.6 Å². The molecule has 130 valence electrons. The second kappa shape index (κ2) is 7.33. The second-order valence-corrected chi connectivity index (χ2v) is 8.33. The summed E-state index contributed by atoms with van der Waals surface area (Å²) in [6.45, 7) is 0.760. The fourth-order valence-corrected chi connectivity index (χ4v) is 5.44. The first-order chi connectivity index (χ1) is 11.4. The van der Waals surface area contributed by atoms with Gasteiger partial charge in [0.05, 0.1) is 5.56 Å². The molecule has 0 unspecified atom stereocenters. The van der Waals surface area contributed by atoms with E-state index in [1.807, 2.05) is 0 Å². The fourth-order valence-electron chi connectivity index (χ4n) is 3.77. The molecule has 0 radical (unpaired) electrons. The average molecular weight is 370 g/mol. The predicted octanol–water partition coefficient (Wildman–Crippen LogP) is 3.36. The topological polar surface area (TPSA) is 86.6 Å². The average Bonchev–Trinajstić information content (AvgIpc) is 2.54. The lowest BCUT2D eigenvalue weighted by Crippen LogP contribution is -2.49. The highest BCUT2D eigenvalue weighted by Gasteiger charge is 2.38. The van der Waals surface area contributed by atoms with Crippen LogP contribution in [0.4, 0.5) is 0 Å². The summed E-state index contributed by atoms with van der Waals surface area (Å²) >= 11 is 7.59. The lowest BCUT2D eigenvalue weighted by molar-refractivity contribution is -0.141. The van der Waals surface area contributed by atoms with Gasteiger partial charge in [-0.2, -0.15) is 0 Å². The molecule has 7 heteroatoms. The Labute approximate surface area is 149 Å². The molecule has 1 saturated carbocycles. The Kier molecular flexibility index (Phi) is 5.37. The molecular weight excluding hydrogens is 350 g/mol. The quantitative estimate of drug-likeness (QED) is 0.754. The van der Waals surface area contributed by atoms with Crippen molar-refractivity contribution in [2.24, 2.45) is 11.8 Å². The molecule has 1 aromatic carbocycles. The number of halogens is 1. The number of carbonyl (C=O) groups is 2. The number of thioether (sulfide) groups is 1. The Hall–Kier alpha value is -1.24. The summed E-state index contributed by atoms with van der Waals surface area (Å²) in [6.07, 6.45) is 3.63. The van der Waals surface area contributed by atoms with Gasteiger partial charge in [-0.15, -0.1) is 11.8 Å². The Morgan fingerprint density at radius 1 is 1.17 bits per heavy atom. The third kappa shape index (κ3) is 3.87. The smallest absolute Gasteiger partial charge is 0.336 e. The van der Waals surface area contributed by atoms with Gasteiger partial charge in [-0.1, -0.05) is 11.6 Å². The van der Waals surface area contributed by atoms with Crippen LogP contribution in [0, 0.1) is 11.8 Å². The van der Waals surface area contributed by atoms with Crippen LogP contribution in [-0.2, 0) is 4.79 Å². The van der Waals surface area contributed by atoms with Crippen LogP contribution >= 0.6 is 23.4 Å². The van der Waals surface area contributed by atoms with E-state index < -0.39 is 18.0 Å². The van der Waals surface area contributed by atoms with Crippen molar-refractivity contribution in [2.45, 2.75) is 41.9 Å². The molecule has 1 heterocycles. The summed E-state index contributed by atoms with van der Waals surface area (Å²) in [6, 6.07) is 4.39. The van der Waals surface area contributed by atoms with E-state index in [0.29, 0.717) is 33.4 Å². The van der Waals surface area contributed by atoms with Crippen LogP contribution < -0.4 is 5.32 Å². The Morgan fingerprint density at radius 3 is 2.67 bits per heavy atom. The molecule has 1 aromatic rings. The molecule has 2 aliphatic rings. The second-order valence-electron chi connectivity index (χ2n) is 6.55. The van der Waals surface area contributed by atoms with Crippen LogP contribution in [0.15, 0.2) is 23.1 Å². The van der Waals surface area contributed by atoms with Crippen molar-refractivity contribution in [3.05, 3.63) is 28.8 Å². The highest BCUT2D eigenvalue weighted by molar-refractivity contribution is 8.00. The number of hydrogen-bond donors (Lipinski definition) is 3. The molecule has 0 bridgehead atoms. The Bertz CT molecular complexity index is 653. The van der Waals surface area contributed by atoms with E-state index >= 15 is 0 Å². The number of piperidine rings is 1. The molecule has 24 heavy (non-hydrogen) atoms. The lowest BCUT2D eigenvalue weighted by atomic mass is 9.73. The van der Waals surface area contributed by atoms with Crippen LogP contribution in [-0.4, -0.2) is 40.0 Å². The molecule has 0 amide bonds. The normalized spacial score (nSPS) is 29.7. The van der Waals surface area contributed by atoms with E-state index in [2.05, 4.69) is 5.32 Å². The maximum absolute atomic E-state index is 11.4. The number of aromatic carboxylic acids is 1. The van der Waals surface area contributed by atoms with Gasteiger partial charge in [0.1, 0.15) is 6.04 Å². The zero-order valence-corrected chi connectivity index (χ0v) is 14.6. The Morgan fingerprint density at radius 2 is 1.96 bits per heavy atom. The third-order valence-corrected chi connectivity index (χ3v) is 6.61. The van der Waals surface area contributed by atoms with Crippen molar-refractivity contribution in [3.63, 3.8) is 0 Å². The van der Waals surface area contributed by atoms with Gasteiger partial charge < -0.3 is 15.5 Å². The van der Waals surface area contributed by atoms with Crippen LogP contribution in [0.2, 0.25) is 5.02 Å². The SMILES string of the molecule is O=C(O)c1ccc(Cl)cc1S[C@H]1CC[C@H]2CN[C@H](C(=O)O)C[C@@H]2C1. The zero-order valence-electron chi connectivity index (χ0n) is 13.1. The summed E-state index contributed by atoms with van der Waals surface area (Å²) in [5.74, 6) is -0.830. The number of carboxylic acid groups (broad SMARTS) is 2. The van der Waals surface area contributed by atoms with Gasteiger partial charge >= 0.3 is 11.9 Å². The molecule has 3 rings (SSSR count). The van der Waals surface area contributed by atoms with E-state index in [-0.39, 0.29) is 5.56 Å². The van der Waals surface area contributed by atoms with E-state index in [1.165, 1.54) is 0 Å². The first-order valence-electron chi connectivity index (χ1n) is 8.09. The minimum absolute atomic E-state index is 0.278. The van der Waals surface area contributed by atoms with Crippen LogP contribution in [0.25, 0.3) is 0 Å². The zero-order chi connectivity index (χ0) is 17.3. The maximum atomic E-state index is 11.4. The lowest BCUT2D eigenvalue weighted by Gasteiger charge is -2.41. The molecule has 3 N–H and O–H groups in total. The number of rotatable bonds is 4. The molecule has 2 fully saturated rings. The molecule has 5 nitrogen and oxygen atoms in total. The monoisotopic (exact) mass is 369 g/mol.